The number of H-pyrrole nitrogens is 1. The van der Waals surface area contributed by atoms with Crippen molar-refractivity contribution in [2.45, 2.75) is 19.9 Å². The number of aliphatic imine (C=N–C) groups is 1. The fourth-order valence-corrected chi connectivity index (χ4v) is 1.65. The Hall–Kier alpha value is -2.37. The van der Waals surface area contributed by atoms with Gasteiger partial charge < -0.3 is 11.1 Å². The van der Waals surface area contributed by atoms with Crippen LogP contribution in [-0.4, -0.2) is 27.7 Å². The number of nitrogens with zero attached hydrogens (tertiary/aromatic N) is 3. The minimum atomic E-state index is 0.479. The van der Waals surface area contributed by atoms with Crippen molar-refractivity contribution in [1.82, 2.24) is 20.5 Å². The van der Waals surface area contributed by atoms with Gasteiger partial charge in [-0.2, -0.15) is 5.10 Å². The molecule has 0 amide bonds. The lowest BCUT2D eigenvalue weighted by molar-refractivity contribution is 0.825. The summed E-state index contributed by atoms with van der Waals surface area (Å²) in [6, 6.07) is 7.98. The average molecular weight is 258 g/mol. The molecule has 4 N–H and O–H groups in total. The summed E-state index contributed by atoms with van der Waals surface area (Å²) in [6.45, 7) is 3.47. The Balaban J connectivity index is 2.03. The van der Waals surface area contributed by atoms with Crippen LogP contribution in [0.25, 0.3) is 11.4 Å². The Morgan fingerprint density at radius 2 is 2.37 bits per heavy atom. The van der Waals surface area contributed by atoms with E-state index < -0.39 is 0 Å². The number of aromatic nitrogens is 3. The van der Waals surface area contributed by atoms with Crippen LogP contribution >= 0.6 is 0 Å². The van der Waals surface area contributed by atoms with Crippen molar-refractivity contribution in [2.24, 2.45) is 10.7 Å². The molecule has 0 bridgehead atoms. The second kappa shape index (κ2) is 6.53. The fraction of sp³-hybridized carbons (Fsp3) is 0.308. The summed E-state index contributed by atoms with van der Waals surface area (Å²) in [5.74, 6) is 1.23. The van der Waals surface area contributed by atoms with Crippen LogP contribution < -0.4 is 11.1 Å². The maximum absolute atomic E-state index is 5.75. The summed E-state index contributed by atoms with van der Waals surface area (Å²) in [7, 11) is 0. The van der Waals surface area contributed by atoms with Crippen LogP contribution in [0.2, 0.25) is 0 Å². The van der Waals surface area contributed by atoms with E-state index in [0.29, 0.717) is 12.5 Å². The first-order valence-corrected chi connectivity index (χ1v) is 6.28. The largest absolute Gasteiger partial charge is 0.370 e. The van der Waals surface area contributed by atoms with E-state index in [0.717, 1.165) is 29.9 Å². The molecule has 0 radical (unpaired) electrons. The fourth-order valence-electron chi connectivity index (χ4n) is 1.65. The zero-order chi connectivity index (χ0) is 13.5. The molecule has 6 heteroatoms. The van der Waals surface area contributed by atoms with Gasteiger partial charge in [-0.3, -0.25) is 5.10 Å². The van der Waals surface area contributed by atoms with Crippen molar-refractivity contribution in [3.8, 4) is 11.4 Å². The predicted molar refractivity (Wildman–Crippen MR) is 75.4 cm³/mol. The molecular weight excluding hydrogens is 240 g/mol. The first-order chi connectivity index (χ1) is 9.29. The lowest BCUT2D eigenvalue weighted by atomic mass is 10.1. The zero-order valence-corrected chi connectivity index (χ0v) is 10.9. The Kier molecular flexibility index (Phi) is 4.49. The highest BCUT2D eigenvalue weighted by Crippen LogP contribution is 2.15. The van der Waals surface area contributed by atoms with Gasteiger partial charge in [-0.1, -0.05) is 25.1 Å². The summed E-state index contributed by atoms with van der Waals surface area (Å²) in [4.78, 5) is 8.42. The van der Waals surface area contributed by atoms with Crippen LogP contribution in [0.4, 0.5) is 0 Å². The molecule has 6 nitrogen and oxygen atoms in total. The monoisotopic (exact) mass is 258 g/mol. The van der Waals surface area contributed by atoms with Crippen molar-refractivity contribution in [3.63, 3.8) is 0 Å². The molecule has 0 saturated heterocycles. The maximum Gasteiger partial charge on any atom is 0.188 e. The number of benzene rings is 1. The molecule has 0 unspecified atom stereocenters. The Labute approximate surface area is 112 Å². The van der Waals surface area contributed by atoms with Gasteiger partial charge in [0.1, 0.15) is 6.33 Å². The zero-order valence-electron chi connectivity index (χ0n) is 10.9. The molecule has 1 aromatic carbocycles. The Bertz CT molecular complexity index is 532. The van der Waals surface area contributed by atoms with E-state index in [2.05, 4.69) is 32.4 Å². The summed E-state index contributed by atoms with van der Waals surface area (Å²) in [6.07, 6.45) is 2.52. The summed E-state index contributed by atoms with van der Waals surface area (Å²) >= 11 is 0. The number of guanidine groups is 1. The van der Waals surface area contributed by atoms with E-state index >= 15 is 0 Å². The topological polar surface area (TPSA) is 92.0 Å². The second-order valence-electron chi connectivity index (χ2n) is 4.16. The van der Waals surface area contributed by atoms with E-state index in [4.69, 9.17) is 5.73 Å². The minimum absolute atomic E-state index is 0.479. The van der Waals surface area contributed by atoms with Crippen LogP contribution in [0.15, 0.2) is 35.6 Å². The third-order valence-electron chi connectivity index (χ3n) is 2.60. The molecule has 2 aromatic rings. The Morgan fingerprint density at radius 3 is 3.11 bits per heavy atom. The molecule has 19 heavy (non-hydrogen) atoms. The van der Waals surface area contributed by atoms with E-state index in [1.54, 1.807) is 0 Å². The van der Waals surface area contributed by atoms with Crippen molar-refractivity contribution in [2.75, 3.05) is 6.54 Å². The van der Waals surface area contributed by atoms with E-state index in [-0.39, 0.29) is 0 Å². The summed E-state index contributed by atoms with van der Waals surface area (Å²) in [5, 5.41) is 9.73. The van der Waals surface area contributed by atoms with Gasteiger partial charge in [-0.05, 0) is 18.1 Å². The van der Waals surface area contributed by atoms with Crippen LogP contribution in [0, 0.1) is 0 Å². The van der Waals surface area contributed by atoms with Crippen LogP contribution in [-0.2, 0) is 6.54 Å². The maximum atomic E-state index is 5.75. The van der Waals surface area contributed by atoms with Gasteiger partial charge in [0.05, 0.1) is 6.54 Å². The van der Waals surface area contributed by atoms with Gasteiger partial charge in [0.15, 0.2) is 11.8 Å². The second-order valence-corrected chi connectivity index (χ2v) is 4.16. The number of nitrogens with one attached hydrogen (secondary N) is 2. The SMILES string of the molecule is CCCNC(N)=NCc1cccc(-c2ncn[nH]2)c1. The van der Waals surface area contributed by atoms with Gasteiger partial charge >= 0.3 is 0 Å². The summed E-state index contributed by atoms with van der Waals surface area (Å²) < 4.78 is 0. The molecule has 2 rings (SSSR count). The highest BCUT2D eigenvalue weighted by molar-refractivity contribution is 5.77. The van der Waals surface area contributed by atoms with Gasteiger partial charge in [-0.15, -0.1) is 0 Å². The standard InChI is InChI=1S/C13H18N6/c1-2-6-15-13(14)16-8-10-4-3-5-11(7-10)12-17-9-18-19-12/h3-5,7,9H,2,6,8H2,1H3,(H3,14,15,16)(H,17,18,19). The average Bonchev–Trinajstić information content (AvgIpc) is 2.97. The number of nitrogens with two attached hydrogens (primary N) is 1. The minimum Gasteiger partial charge on any atom is -0.370 e. The normalized spacial score (nSPS) is 11.5. The van der Waals surface area contributed by atoms with E-state index in [1.807, 2.05) is 24.3 Å². The molecule has 0 spiro atoms. The van der Waals surface area contributed by atoms with Gasteiger partial charge in [0.25, 0.3) is 0 Å². The van der Waals surface area contributed by atoms with E-state index in [1.165, 1.54) is 6.33 Å². The lowest BCUT2D eigenvalue weighted by Crippen LogP contribution is -2.32. The first kappa shape index (κ1) is 13.1. The van der Waals surface area contributed by atoms with Crippen molar-refractivity contribution >= 4 is 5.96 Å². The number of aromatic amines is 1. The highest BCUT2D eigenvalue weighted by atomic mass is 15.2. The molecular formula is C13H18N6. The van der Waals surface area contributed by atoms with Gasteiger partial charge in [0, 0.05) is 12.1 Å². The molecule has 0 atom stereocenters. The van der Waals surface area contributed by atoms with Crippen LogP contribution in [0.3, 0.4) is 0 Å². The number of hydrogen-bond acceptors (Lipinski definition) is 3. The lowest BCUT2D eigenvalue weighted by Gasteiger charge is -2.04. The molecule has 0 aliphatic rings. The van der Waals surface area contributed by atoms with Crippen LogP contribution in [0.1, 0.15) is 18.9 Å². The molecule has 0 aliphatic heterocycles. The highest BCUT2D eigenvalue weighted by Gasteiger charge is 2.01. The third-order valence-corrected chi connectivity index (χ3v) is 2.60. The third kappa shape index (κ3) is 3.80. The van der Waals surface area contributed by atoms with Gasteiger partial charge in [-0.25, -0.2) is 9.98 Å². The molecule has 0 fully saturated rings. The van der Waals surface area contributed by atoms with Crippen molar-refractivity contribution in [1.29, 1.82) is 0 Å². The molecule has 0 saturated carbocycles. The quantitative estimate of drug-likeness (QED) is 0.556. The predicted octanol–water partition coefficient (Wildman–Crippen LogP) is 1.29. The summed E-state index contributed by atoms with van der Waals surface area (Å²) in [5.41, 5.74) is 7.82. The van der Waals surface area contributed by atoms with Crippen LogP contribution in [0.5, 0.6) is 0 Å². The first-order valence-electron chi connectivity index (χ1n) is 6.28. The van der Waals surface area contributed by atoms with E-state index in [9.17, 15) is 0 Å². The van der Waals surface area contributed by atoms with Crippen molar-refractivity contribution < 1.29 is 0 Å². The molecule has 1 heterocycles. The number of rotatable bonds is 5. The van der Waals surface area contributed by atoms with Gasteiger partial charge in [0.2, 0.25) is 0 Å². The Morgan fingerprint density at radius 1 is 1.47 bits per heavy atom. The molecule has 1 aromatic heterocycles. The molecule has 100 valence electrons. The van der Waals surface area contributed by atoms with Crippen molar-refractivity contribution in [3.05, 3.63) is 36.2 Å². The number of hydrogen-bond donors (Lipinski definition) is 3. The smallest absolute Gasteiger partial charge is 0.188 e. The molecule has 0 aliphatic carbocycles.